The average Bonchev–Trinajstić information content (AvgIpc) is 3.08. The molecule has 6 unspecified atom stereocenters. The van der Waals surface area contributed by atoms with E-state index in [1.807, 2.05) is 6.92 Å². The first-order valence-corrected chi connectivity index (χ1v) is 9.92. The number of hydrogen-bond acceptors (Lipinski definition) is 4. The molecule has 27 heavy (non-hydrogen) atoms. The van der Waals surface area contributed by atoms with Gasteiger partial charge in [0.1, 0.15) is 11.9 Å². The topological polar surface area (TPSA) is 55.8 Å². The fourth-order valence-electron chi connectivity index (χ4n) is 6.02. The number of methoxy groups -OCH3 is 1. The van der Waals surface area contributed by atoms with Gasteiger partial charge in [-0.2, -0.15) is 0 Å². The first kappa shape index (κ1) is 18.5. The molecule has 3 aliphatic carbocycles. The Morgan fingerprint density at radius 3 is 2.44 bits per heavy atom. The summed E-state index contributed by atoms with van der Waals surface area (Å²) in [6, 6.07) is 7.02. The van der Waals surface area contributed by atoms with E-state index in [0.29, 0.717) is 29.6 Å². The highest BCUT2D eigenvalue weighted by Gasteiger charge is 2.70. The molecule has 1 aromatic rings. The van der Waals surface area contributed by atoms with Crippen molar-refractivity contribution in [1.29, 1.82) is 0 Å². The van der Waals surface area contributed by atoms with E-state index >= 15 is 0 Å². The molecule has 4 rings (SSSR count). The molecular formula is C23H30O4. The van der Waals surface area contributed by atoms with Gasteiger partial charge in [0.15, 0.2) is 0 Å². The second-order valence-electron chi connectivity index (χ2n) is 9.44. The highest BCUT2D eigenvalue weighted by molar-refractivity contribution is 5.89. The number of rotatable bonds is 3. The molecule has 0 spiro atoms. The lowest BCUT2D eigenvalue weighted by molar-refractivity contribution is -0.00296. The zero-order chi connectivity index (χ0) is 19.6. The zero-order valence-corrected chi connectivity index (χ0v) is 16.7. The Labute approximate surface area is 161 Å². The summed E-state index contributed by atoms with van der Waals surface area (Å²) < 4.78 is 11.2. The Bertz CT molecular complexity index is 761. The van der Waals surface area contributed by atoms with E-state index in [-0.39, 0.29) is 29.3 Å². The van der Waals surface area contributed by atoms with Gasteiger partial charge in [-0.25, -0.2) is 4.79 Å². The number of fused-ring (bicyclic) bond motifs is 3. The van der Waals surface area contributed by atoms with E-state index in [1.54, 1.807) is 31.4 Å². The van der Waals surface area contributed by atoms with E-state index < -0.39 is 5.60 Å². The molecule has 4 heteroatoms. The van der Waals surface area contributed by atoms with Crippen molar-refractivity contribution in [2.75, 3.05) is 7.11 Å². The van der Waals surface area contributed by atoms with Crippen LogP contribution in [0.5, 0.6) is 5.75 Å². The van der Waals surface area contributed by atoms with Gasteiger partial charge in [0.2, 0.25) is 0 Å². The van der Waals surface area contributed by atoms with Crippen LogP contribution in [0.4, 0.5) is 0 Å². The van der Waals surface area contributed by atoms with Crippen LogP contribution in [0.2, 0.25) is 0 Å². The number of ether oxygens (including phenoxy) is 2. The highest BCUT2D eigenvalue weighted by atomic mass is 16.5. The van der Waals surface area contributed by atoms with Gasteiger partial charge in [-0.15, -0.1) is 0 Å². The summed E-state index contributed by atoms with van der Waals surface area (Å²) in [5.74, 6) is 1.61. The molecule has 1 aromatic carbocycles. The summed E-state index contributed by atoms with van der Waals surface area (Å²) in [7, 11) is 1.60. The normalized spacial score (nSPS) is 39.1. The minimum atomic E-state index is -0.654. The Hall–Kier alpha value is -1.81. The number of hydrogen-bond donors (Lipinski definition) is 1. The Morgan fingerprint density at radius 2 is 1.81 bits per heavy atom. The molecule has 0 aromatic heterocycles. The predicted molar refractivity (Wildman–Crippen MR) is 104 cm³/mol. The van der Waals surface area contributed by atoms with E-state index in [1.165, 1.54) is 0 Å². The molecule has 0 heterocycles. The third-order valence-corrected chi connectivity index (χ3v) is 7.47. The number of carbonyl (C=O) groups excluding carboxylic acids is 1. The molecule has 0 amide bonds. The summed E-state index contributed by atoms with van der Waals surface area (Å²) in [5.41, 5.74) is 1.09. The van der Waals surface area contributed by atoms with Gasteiger partial charge in [0.25, 0.3) is 0 Å². The Balaban J connectivity index is 1.57. The molecule has 6 atom stereocenters. The van der Waals surface area contributed by atoms with Crippen molar-refractivity contribution in [3.8, 4) is 5.75 Å². The molecular weight excluding hydrogens is 340 g/mol. The summed E-state index contributed by atoms with van der Waals surface area (Å²) in [6.45, 7) is 10.8. The highest BCUT2D eigenvalue weighted by Crippen LogP contribution is 2.71. The molecule has 0 aliphatic heterocycles. The minimum Gasteiger partial charge on any atom is -0.497 e. The van der Waals surface area contributed by atoms with Crippen LogP contribution >= 0.6 is 0 Å². The van der Waals surface area contributed by atoms with E-state index in [9.17, 15) is 9.90 Å². The largest absolute Gasteiger partial charge is 0.497 e. The van der Waals surface area contributed by atoms with Crippen LogP contribution < -0.4 is 4.74 Å². The Morgan fingerprint density at radius 1 is 1.15 bits per heavy atom. The van der Waals surface area contributed by atoms with Crippen LogP contribution in [-0.2, 0) is 4.74 Å². The number of benzene rings is 1. The monoisotopic (exact) mass is 370 g/mol. The van der Waals surface area contributed by atoms with Crippen molar-refractivity contribution in [1.82, 2.24) is 0 Å². The summed E-state index contributed by atoms with van der Waals surface area (Å²) in [5, 5.41) is 11.0. The summed E-state index contributed by atoms with van der Waals surface area (Å²) >= 11 is 0. The Kier molecular flexibility index (Phi) is 4.19. The van der Waals surface area contributed by atoms with Crippen LogP contribution in [0, 0.1) is 29.1 Å². The summed E-state index contributed by atoms with van der Waals surface area (Å²) in [6.07, 6.45) is 2.34. The maximum atomic E-state index is 12.7. The van der Waals surface area contributed by atoms with Gasteiger partial charge in [-0.1, -0.05) is 26.0 Å². The van der Waals surface area contributed by atoms with Crippen molar-refractivity contribution < 1.29 is 19.4 Å². The van der Waals surface area contributed by atoms with Crippen molar-refractivity contribution in [2.24, 2.45) is 29.1 Å². The number of esters is 1. The standard InChI is InChI=1S/C23H30O4/c1-13-12-17(27-21(24)14-6-8-15(26-5)9-7-14)19-20(22(19,2)3)18-16(13)10-11-23(18,4)25/h6-9,16-20,25H,1,10-12H2,2-5H3. The maximum absolute atomic E-state index is 12.7. The molecule has 0 saturated heterocycles. The smallest absolute Gasteiger partial charge is 0.338 e. The third-order valence-electron chi connectivity index (χ3n) is 7.47. The van der Waals surface area contributed by atoms with Crippen molar-refractivity contribution in [3.05, 3.63) is 42.0 Å². The number of aliphatic hydroxyl groups is 1. The first-order chi connectivity index (χ1) is 12.7. The molecule has 3 aliphatic rings. The third kappa shape index (κ3) is 2.89. The lowest BCUT2D eigenvalue weighted by Crippen LogP contribution is -2.34. The fourth-order valence-corrected chi connectivity index (χ4v) is 6.02. The number of carbonyl (C=O) groups is 1. The molecule has 4 nitrogen and oxygen atoms in total. The SMILES string of the molecule is C=C1CC(OC(=O)c2ccc(OC)cc2)C2C(C3C1CCC3(C)O)C2(C)C. The lowest BCUT2D eigenvalue weighted by Gasteiger charge is -2.31. The van der Waals surface area contributed by atoms with Gasteiger partial charge in [0, 0.05) is 12.3 Å². The van der Waals surface area contributed by atoms with Gasteiger partial charge < -0.3 is 14.6 Å². The zero-order valence-electron chi connectivity index (χ0n) is 16.7. The molecule has 1 N–H and O–H groups in total. The molecule has 3 saturated carbocycles. The van der Waals surface area contributed by atoms with Gasteiger partial charge in [-0.3, -0.25) is 0 Å². The van der Waals surface area contributed by atoms with Crippen LogP contribution in [0.15, 0.2) is 36.4 Å². The summed E-state index contributed by atoms with van der Waals surface area (Å²) in [4.78, 5) is 12.7. The second kappa shape index (κ2) is 6.10. The molecule has 146 valence electrons. The average molecular weight is 370 g/mol. The van der Waals surface area contributed by atoms with Crippen LogP contribution in [-0.4, -0.2) is 29.9 Å². The quantitative estimate of drug-likeness (QED) is 0.639. The van der Waals surface area contributed by atoms with Crippen molar-refractivity contribution in [2.45, 2.75) is 51.7 Å². The van der Waals surface area contributed by atoms with Crippen molar-refractivity contribution >= 4 is 5.97 Å². The molecule has 0 bridgehead atoms. The first-order valence-electron chi connectivity index (χ1n) is 9.92. The van der Waals surface area contributed by atoms with E-state index in [4.69, 9.17) is 9.47 Å². The molecule has 0 radical (unpaired) electrons. The van der Waals surface area contributed by atoms with E-state index in [2.05, 4.69) is 20.4 Å². The van der Waals surface area contributed by atoms with Crippen LogP contribution in [0.3, 0.4) is 0 Å². The van der Waals surface area contributed by atoms with Gasteiger partial charge in [0.05, 0.1) is 18.3 Å². The van der Waals surface area contributed by atoms with Crippen molar-refractivity contribution in [3.63, 3.8) is 0 Å². The van der Waals surface area contributed by atoms with Gasteiger partial charge >= 0.3 is 5.97 Å². The van der Waals surface area contributed by atoms with Crippen LogP contribution in [0.25, 0.3) is 0 Å². The lowest BCUT2D eigenvalue weighted by atomic mass is 9.77. The maximum Gasteiger partial charge on any atom is 0.338 e. The minimum absolute atomic E-state index is 0.0722. The van der Waals surface area contributed by atoms with Gasteiger partial charge in [-0.05, 0) is 67.2 Å². The van der Waals surface area contributed by atoms with Crippen LogP contribution in [0.1, 0.15) is 50.4 Å². The fraction of sp³-hybridized carbons (Fsp3) is 0.609. The van der Waals surface area contributed by atoms with E-state index in [0.717, 1.165) is 18.4 Å². The predicted octanol–water partition coefficient (Wildman–Crippen LogP) is 4.23. The molecule has 3 fully saturated rings. The second-order valence-corrected chi connectivity index (χ2v) is 9.44.